The summed E-state index contributed by atoms with van der Waals surface area (Å²) >= 11 is 0. The lowest BCUT2D eigenvalue weighted by atomic mass is 9.97. The maximum Gasteiger partial charge on any atom is 0.310 e. The van der Waals surface area contributed by atoms with Crippen LogP contribution in [0.3, 0.4) is 0 Å². The number of esters is 1. The molecule has 3 aromatic carbocycles. The van der Waals surface area contributed by atoms with Crippen LogP contribution in [0, 0.1) is 5.92 Å². The number of benzene rings is 3. The topological polar surface area (TPSA) is 121 Å². The molecule has 1 saturated heterocycles. The minimum atomic E-state index is -0.450. The summed E-state index contributed by atoms with van der Waals surface area (Å²) in [7, 11) is 3.12. The van der Waals surface area contributed by atoms with E-state index in [1.54, 1.807) is 98.8 Å². The molecular formula is C33H34N4O7. The Morgan fingerprint density at radius 1 is 0.955 bits per heavy atom. The molecule has 4 aromatic rings. The summed E-state index contributed by atoms with van der Waals surface area (Å²) in [5.74, 6) is 1.14. The van der Waals surface area contributed by atoms with Gasteiger partial charge in [0, 0.05) is 30.4 Å². The van der Waals surface area contributed by atoms with E-state index in [0.29, 0.717) is 60.3 Å². The number of hydrogen-bond donors (Lipinski definition) is 1. The number of ether oxygens (including phenoxy) is 4. The first-order valence-corrected chi connectivity index (χ1v) is 14.3. The highest BCUT2D eigenvalue weighted by atomic mass is 16.5. The predicted molar refractivity (Wildman–Crippen MR) is 164 cm³/mol. The van der Waals surface area contributed by atoms with E-state index < -0.39 is 5.56 Å². The van der Waals surface area contributed by atoms with Gasteiger partial charge in [0.2, 0.25) is 0 Å². The zero-order chi connectivity index (χ0) is 31.1. The molecule has 2 heterocycles. The lowest BCUT2D eigenvalue weighted by Gasteiger charge is -2.31. The molecule has 11 heteroatoms. The van der Waals surface area contributed by atoms with Gasteiger partial charge in [-0.05, 0) is 80.4 Å². The molecule has 1 amide bonds. The van der Waals surface area contributed by atoms with Crippen LogP contribution in [0.1, 0.15) is 30.1 Å². The van der Waals surface area contributed by atoms with E-state index in [2.05, 4.69) is 10.4 Å². The number of piperidine rings is 1. The fraction of sp³-hybridized carbons (Fsp3) is 0.273. The molecule has 0 aliphatic carbocycles. The predicted octanol–water partition coefficient (Wildman–Crippen LogP) is 5.20. The van der Waals surface area contributed by atoms with Gasteiger partial charge in [-0.15, -0.1) is 0 Å². The molecule has 1 aliphatic rings. The molecule has 5 rings (SSSR count). The normalized spacial score (nSPS) is 14.4. The first-order valence-electron chi connectivity index (χ1n) is 14.3. The molecule has 0 bridgehead atoms. The number of anilines is 2. The highest BCUT2D eigenvalue weighted by molar-refractivity contribution is 5.95. The van der Waals surface area contributed by atoms with Crippen molar-refractivity contribution in [2.24, 2.45) is 5.92 Å². The third kappa shape index (κ3) is 6.83. The largest absolute Gasteiger partial charge is 0.497 e. The number of rotatable bonds is 10. The van der Waals surface area contributed by atoms with Crippen LogP contribution in [-0.4, -0.2) is 60.5 Å². The van der Waals surface area contributed by atoms with Gasteiger partial charge < -0.3 is 29.2 Å². The molecule has 44 heavy (non-hydrogen) atoms. The Morgan fingerprint density at radius 3 is 2.39 bits per heavy atom. The monoisotopic (exact) mass is 598 g/mol. The summed E-state index contributed by atoms with van der Waals surface area (Å²) in [6.45, 7) is 2.98. The highest BCUT2D eigenvalue weighted by Gasteiger charge is 2.29. The lowest BCUT2D eigenvalue weighted by molar-refractivity contribution is -0.149. The molecule has 0 radical (unpaired) electrons. The van der Waals surface area contributed by atoms with E-state index in [1.165, 1.54) is 10.9 Å². The second-order valence-corrected chi connectivity index (χ2v) is 10.1. The molecule has 0 saturated carbocycles. The van der Waals surface area contributed by atoms with Crippen LogP contribution in [0.25, 0.3) is 5.69 Å². The number of carbonyl (C=O) groups excluding carboxylic acids is 2. The number of aromatic nitrogens is 2. The summed E-state index contributed by atoms with van der Waals surface area (Å²) in [6.07, 6.45) is 2.89. The van der Waals surface area contributed by atoms with E-state index in [1.807, 2.05) is 0 Å². The first kappa shape index (κ1) is 30.1. The number of carbonyl (C=O) groups is 2. The van der Waals surface area contributed by atoms with Crippen molar-refractivity contribution < 1.29 is 28.5 Å². The first-order chi connectivity index (χ1) is 21.4. The maximum atomic E-state index is 13.8. The number of hydrogen-bond acceptors (Lipinski definition) is 9. The molecule has 1 aromatic heterocycles. The van der Waals surface area contributed by atoms with Crippen molar-refractivity contribution in [2.75, 3.05) is 39.2 Å². The van der Waals surface area contributed by atoms with E-state index >= 15 is 0 Å². The van der Waals surface area contributed by atoms with Crippen molar-refractivity contribution in [3.05, 3.63) is 94.9 Å². The number of amides is 1. The summed E-state index contributed by atoms with van der Waals surface area (Å²) in [5.41, 5.74) is 1.26. The Balaban J connectivity index is 1.41. The van der Waals surface area contributed by atoms with E-state index in [-0.39, 0.29) is 29.2 Å². The van der Waals surface area contributed by atoms with Gasteiger partial charge in [-0.2, -0.15) is 9.78 Å². The molecule has 1 atom stereocenters. The standard InChI is InChI=1S/C33H34N4O7/c1-4-43-33(40)23-7-6-18-36(21-23)31(38)22-10-12-24(13-11-22)35-30-29(44-28-9-5-8-27(19-28)42-3)20-34-37(32(30)39)25-14-16-26(41-2)17-15-25/h5,8-17,19-20,23,35H,4,6-7,18,21H2,1-3H3/t23-/m0/s1. The van der Waals surface area contributed by atoms with Crippen molar-refractivity contribution in [2.45, 2.75) is 19.8 Å². The summed E-state index contributed by atoms with van der Waals surface area (Å²) < 4.78 is 23.0. The van der Waals surface area contributed by atoms with Crippen LogP contribution in [0.4, 0.5) is 11.4 Å². The second-order valence-electron chi connectivity index (χ2n) is 10.1. The van der Waals surface area contributed by atoms with Crippen LogP contribution in [0.15, 0.2) is 83.8 Å². The number of nitrogens with zero attached hydrogens (tertiary/aromatic N) is 3. The van der Waals surface area contributed by atoms with Gasteiger partial charge in [0.25, 0.3) is 11.5 Å². The van der Waals surface area contributed by atoms with E-state index in [9.17, 15) is 14.4 Å². The Labute approximate surface area is 254 Å². The molecule has 0 unspecified atom stereocenters. The minimum Gasteiger partial charge on any atom is -0.497 e. The molecule has 1 fully saturated rings. The van der Waals surface area contributed by atoms with Crippen LogP contribution < -0.4 is 25.1 Å². The third-order valence-electron chi connectivity index (χ3n) is 7.26. The summed E-state index contributed by atoms with van der Waals surface area (Å²) in [4.78, 5) is 41.0. The number of likely N-dealkylation sites (tertiary alicyclic amines) is 1. The quantitative estimate of drug-likeness (QED) is 0.246. The van der Waals surface area contributed by atoms with Gasteiger partial charge >= 0.3 is 5.97 Å². The zero-order valence-corrected chi connectivity index (χ0v) is 24.8. The van der Waals surface area contributed by atoms with Gasteiger partial charge in [0.05, 0.1) is 38.6 Å². The minimum absolute atomic E-state index is 0.144. The fourth-order valence-electron chi connectivity index (χ4n) is 4.97. The lowest BCUT2D eigenvalue weighted by Crippen LogP contribution is -2.42. The molecule has 11 nitrogen and oxygen atoms in total. The second kappa shape index (κ2) is 13.8. The Morgan fingerprint density at radius 2 is 1.68 bits per heavy atom. The van der Waals surface area contributed by atoms with Crippen LogP contribution in [-0.2, 0) is 9.53 Å². The Bertz CT molecular complexity index is 1670. The third-order valence-corrected chi connectivity index (χ3v) is 7.26. The molecule has 1 N–H and O–H groups in total. The van der Waals surface area contributed by atoms with Crippen molar-refractivity contribution >= 4 is 23.3 Å². The van der Waals surface area contributed by atoms with Crippen LogP contribution in [0.5, 0.6) is 23.0 Å². The fourth-order valence-corrected chi connectivity index (χ4v) is 4.97. The van der Waals surface area contributed by atoms with Gasteiger partial charge in [-0.3, -0.25) is 14.4 Å². The molecule has 1 aliphatic heterocycles. The zero-order valence-electron chi connectivity index (χ0n) is 24.8. The molecular weight excluding hydrogens is 564 g/mol. The molecule has 0 spiro atoms. The Hall–Kier alpha value is -5.32. The van der Waals surface area contributed by atoms with E-state index in [0.717, 1.165) is 6.42 Å². The van der Waals surface area contributed by atoms with Gasteiger partial charge in [-0.25, -0.2) is 0 Å². The summed E-state index contributed by atoms with van der Waals surface area (Å²) in [5, 5.41) is 7.51. The maximum absolute atomic E-state index is 13.8. The van der Waals surface area contributed by atoms with Crippen LogP contribution >= 0.6 is 0 Å². The number of nitrogens with one attached hydrogen (secondary N) is 1. The van der Waals surface area contributed by atoms with Gasteiger partial charge in [0.15, 0.2) is 11.4 Å². The van der Waals surface area contributed by atoms with Crippen molar-refractivity contribution in [3.63, 3.8) is 0 Å². The smallest absolute Gasteiger partial charge is 0.310 e. The van der Waals surface area contributed by atoms with Crippen LogP contribution in [0.2, 0.25) is 0 Å². The highest BCUT2D eigenvalue weighted by Crippen LogP contribution is 2.31. The molecule has 228 valence electrons. The average Bonchev–Trinajstić information content (AvgIpc) is 3.07. The van der Waals surface area contributed by atoms with Crippen molar-refractivity contribution in [3.8, 4) is 28.7 Å². The van der Waals surface area contributed by atoms with Gasteiger partial charge in [-0.1, -0.05) is 6.07 Å². The SMILES string of the molecule is CCOC(=O)[C@H]1CCCN(C(=O)c2ccc(Nc3c(Oc4cccc(OC)c4)cnn(-c4ccc(OC)cc4)c3=O)cc2)C1. The van der Waals surface area contributed by atoms with E-state index in [4.69, 9.17) is 18.9 Å². The Kier molecular flexibility index (Phi) is 9.43. The van der Waals surface area contributed by atoms with Crippen molar-refractivity contribution in [1.82, 2.24) is 14.7 Å². The van der Waals surface area contributed by atoms with Crippen molar-refractivity contribution in [1.29, 1.82) is 0 Å². The summed E-state index contributed by atoms with van der Waals surface area (Å²) in [6, 6.07) is 20.8. The van der Waals surface area contributed by atoms with Gasteiger partial charge in [0.1, 0.15) is 17.2 Å². The average molecular weight is 599 g/mol. The number of methoxy groups -OCH3 is 2.